The Morgan fingerprint density at radius 1 is 1.03 bits per heavy atom. The molecular weight excluding hydrogens is 386 g/mol. The number of carbonyl (C=O) groups excluding carboxylic acids is 4. The molecule has 2 aromatic carbocycles. The van der Waals surface area contributed by atoms with Gasteiger partial charge in [-0.05, 0) is 37.3 Å². The number of imide groups is 1. The van der Waals surface area contributed by atoms with Crippen LogP contribution in [0.5, 0.6) is 0 Å². The Morgan fingerprint density at radius 3 is 2.24 bits per heavy atom. The molecular formula is C20H16F2N2O5. The van der Waals surface area contributed by atoms with Crippen LogP contribution in [0.4, 0.5) is 20.2 Å². The van der Waals surface area contributed by atoms with E-state index in [0.29, 0.717) is 0 Å². The van der Waals surface area contributed by atoms with Gasteiger partial charge in [-0.3, -0.25) is 19.3 Å². The van der Waals surface area contributed by atoms with Gasteiger partial charge in [-0.2, -0.15) is 0 Å². The maximum absolute atomic E-state index is 13.6. The maximum Gasteiger partial charge on any atom is 0.338 e. The lowest BCUT2D eigenvalue weighted by Crippen LogP contribution is -2.31. The van der Waals surface area contributed by atoms with Crippen molar-refractivity contribution in [3.63, 3.8) is 0 Å². The molecule has 1 aliphatic rings. The van der Waals surface area contributed by atoms with Crippen LogP contribution in [0.1, 0.15) is 30.1 Å². The normalized spacial score (nSPS) is 14.7. The first-order valence-electron chi connectivity index (χ1n) is 8.69. The molecule has 0 radical (unpaired) electrons. The Kier molecular flexibility index (Phi) is 5.67. The third kappa shape index (κ3) is 4.29. The summed E-state index contributed by atoms with van der Waals surface area (Å²) < 4.78 is 32.3. The molecule has 0 aliphatic carbocycles. The first kappa shape index (κ1) is 20.1. The highest BCUT2D eigenvalue weighted by Gasteiger charge is 2.31. The number of para-hydroxylation sites is 1. The Morgan fingerprint density at radius 2 is 1.62 bits per heavy atom. The lowest BCUT2D eigenvalue weighted by Gasteiger charge is -2.16. The minimum Gasteiger partial charge on any atom is -0.449 e. The molecule has 0 spiro atoms. The first-order chi connectivity index (χ1) is 13.8. The summed E-state index contributed by atoms with van der Waals surface area (Å²) in [7, 11) is 0. The summed E-state index contributed by atoms with van der Waals surface area (Å²) in [5.41, 5.74) is -0.419. The summed E-state index contributed by atoms with van der Waals surface area (Å²) in [4.78, 5) is 49.1. The summed E-state index contributed by atoms with van der Waals surface area (Å²) in [5, 5.41) is 2.04. The minimum atomic E-state index is -1.36. The molecule has 0 aromatic heterocycles. The number of hydrogen-bond acceptors (Lipinski definition) is 5. The summed E-state index contributed by atoms with van der Waals surface area (Å²) >= 11 is 0. The molecule has 150 valence electrons. The fourth-order valence-corrected chi connectivity index (χ4v) is 2.76. The van der Waals surface area contributed by atoms with Gasteiger partial charge in [0.2, 0.25) is 11.8 Å². The summed E-state index contributed by atoms with van der Waals surface area (Å²) in [6.07, 6.45) is -1.17. The maximum atomic E-state index is 13.6. The third-order valence-electron chi connectivity index (χ3n) is 4.26. The zero-order chi connectivity index (χ0) is 21.1. The number of rotatable bonds is 5. The molecule has 9 heteroatoms. The Balaban J connectivity index is 1.70. The highest BCUT2D eigenvalue weighted by atomic mass is 19.1. The molecule has 1 saturated heterocycles. The quantitative estimate of drug-likeness (QED) is 0.613. The average Bonchev–Trinajstić information content (AvgIpc) is 3.03. The highest BCUT2D eigenvalue weighted by molar-refractivity contribution is 6.20. The number of nitrogens with one attached hydrogen (secondary N) is 1. The van der Waals surface area contributed by atoms with Crippen molar-refractivity contribution < 1.29 is 32.7 Å². The summed E-state index contributed by atoms with van der Waals surface area (Å²) in [6.45, 7) is 1.24. The van der Waals surface area contributed by atoms with Crippen LogP contribution < -0.4 is 10.2 Å². The molecule has 7 nitrogen and oxygen atoms in total. The van der Waals surface area contributed by atoms with Gasteiger partial charge < -0.3 is 10.1 Å². The second-order valence-corrected chi connectivity index (χ2v) is 6.31. The molecule has 0 bridgehead atoms. The van der Waals surface area contributed by atoms with Crippen molar-refractivity contribution in [3.8, 4) is 0 Å². The molecule has 0 saturated carbocycles. The number of ether oxygens (including phenoxy) is 1. The van der Waals surface area contributed by atoms with Crippen molar-refractivity contribution in [2.45, 2.75) is 25.9 Å². The topological polar surface area (TPSA) is 92.8 Å². The van der Waals surface area contributed by atoms with Gasteiger partial charge in [-0.1, -0.05) is 12.1 Å². The van der Waals surface area contributed by atoms with Crippen LogP contribution in [0.15, 0.2) is 42.5 Å². The summed E-state index contributed by atoms with van der Waals surface area (Å²) in [5.74, 6) is -4.51. The van der Waals surface area contributed by atoms with Crippen LogP contribution in [0.3, 0.4) is 0 Å². The molecule has 1 N–H and O–H groups in total. The molecule has 1 fully saturated rings. The number of halogens is 2. The fourth-order valence-electron chi connectivity index (χ4n) is 2.76. The van der Waals surface area contributed by atoms with Gasteiger partial charge in [0.1, 0.15) is 17.3 Å². The fraction of sp³-hybridized carbons (Fsp3) is 0.200. The van der Waals surface area contributed by atoms with Crippen molar-refractivity contribution in [1.29, 1.82) is 0 Å². The van der Waals surface area contributed by atoms with E-state index in [2.05, 4.69) is 0 Å². The van der Waals surface area contributed by atoms with Crippen molar-refractivity contribution in [2.75, 3.05) is 10.2 Å². The van der Waals surface area contributed by atoms with Crippen LogP contribution in [-0.2, 0) is 19.1 Å². The largest absolute Gasteiger partial charge is 0.449 e. The number of carbonyl (C=O) groups is 4. The Labute approximate surface area is 164 Å². The van der Waals surface area contributed by atoms with E-state index >= 15 is 0 Å². The number of hydrogen-bond donors (Lipinski definition) is 1. The van der Waals surface area contributed by atoms with Crippen molar-refractivity contribution in [2.24, 2.45) is 0 Å². The minimum absolute atomic E-state index is 0.00622. The van der Waals surface area contributed by atoms with E-state index in [1.807, 2.05) is 5.32 Å². The van der Waals surface area contributed by atoms with E-state index in [-0.39, 0.29) is 35.9 Å². The number of benzene rings is 2. The van der Waals surface area contributed by atoms with Gasteiger partial charge in [0.05, 0.1) is 11.3 Å². The number of nitrogens with zero attached hydrogens (tertiary/aromatic N) is 1. The van der Waals surface area contributed by atoms with E-state index in [4.69, 9.17) is 4.74 Å². The summed E-state index contributed by atoms with van der Waals surface area (Å²) in [6, 6.07) is 8.73. The van der Waals surface area contributed by atoms with E-state index < -0.39 is 35.3 Å². The Bertz CT molecular complexity index is 972. The van der Waals surface area contributed by atoms with Gasteiger partial charge in [-0.15, -0.1) is 0 Å². The second-order valence-electron chi connectivity index (χ2n) is 6.31. The van der Waals surface area contributed by atoms with Crippen LogP contribution >= 0.6 is 0 Å². The molecule has 0 unspecified atom stereocenters. The average molecular weight is 402 g/mol. The van der Waals surface area contributed by atoms with Crippen LogP contribution in [0.2, 0.25) is 0 Å². The molecule has 1 heterocycles. The lowest BCUT2D eigenvalue weighted by atomic mass is 10.2. The van der Waals surface area contributed by atoms with Crippen LogP contribution in [0.25, 0.3) is 0 Å². The Hall–Kier alpha value is -3.62. The van der Waals surface area contributed by atoms with E-state index in [0.717, 1.165) is 23.1 Å². The van der Waals surface area contributed by atoms with Gasteiger partial charge in [0.15, 0.2) is 6.10 Å². The van der Waals surface area contributed by atoms with Gasteiger partial charge in [-0.25, -0.2) is 13.6 Å². The number of esters is 1. The predicted molar refractivity (Wildman–Crippen MR) is 98.0 cm³/mol. The lowest BCUT2D eigenvalue weighted by molar-refractivity contribution is -0.124. The van der Waals surface area contributed by atoms with Crippen molar-refractivity contribution >= 4 is 35.1 Å². The smallest absolute Gasteiger partial charge is 0.338 e. The molecule has 1 atom stereocenters. The highest BCUT2D eigenvalue weighted by Crippen LogP contribution is 2.24. The third-order valence-corrected chi connectivity index (χ3v) is 4.26. The first-order valence-corrected chi connectivity index (χ1v) is 8.69. The van der Waals surface area contributed by atoms with Crippen LogP contribution in [0, 0.1) is 11.6 Å². The molecule has 3 amide bonds. The number of amides is 3. The molecule has 29 heavy (non-hydrogen) atoms. The van der Waals surface area contributed by atoms with E-state index in [1.54, 1.807) is 0 Å². The number of anilines is 2. The van der Waals surface area contributed by atoms with Crippen molar-refractivity contribution in [3.05, 3.63) is 59.7 Å². The molecule has 2 aromatic rings. The van der Waals surface area contributed by atoms with Crippen molar-refractivity contribution in [1.82, 2.24) is 0 Å². The van der Waals surface area contributed by atoms with Gasteiger partial charge >= 0.3 is 5.97 Å². The predicted octanol–water partition coefficient (Wildman–Crippen LogP) is 2.80. The molecule has 3 rings (SSSR count). The van der Waals surface area contributed by atoms with Gasteiger partial charge in [0.25, 0.3) is 5.91 Å². The second kappa shape index (κ2) is 8.17. The van der Waals surface area contributed by atoms with E-state index in [1.165, 1.54) is 31.2 Å². The van der Waals surface area contributed by atoms with Crippen LogP contribution in [-0.4, -0.2) is 29.8 Å². The standard InChI is InChI=1S/C20H16F2N2O5/c1-11(19(27)23-18-14(21)6-3-7-15(18)22)29-20(28)12-4-2-5-13(10-12)24-16(25)8-9-17(24)26/h2-7,10-11H,8-9H2,1H3,(H,23,27)/t11-/m1/s1. The van der Waals surface area contributed by atoms with E-state index in [9.17, 15) is 28.0 Å². The molecule has 1 aliphatic heterocycles. The monoisotopic (exact) mass is 402 g/mol. The zero-order valence-corrected chi connectivity index (χ0v) is 15.3. The van der Waals surface area contributed by atoms with Gasteiger partial charge in [0, 0.05) is 12.8 Å². The SMILES string of the molecule is C[C@@H](OC(=O)c1cccc(N2C(=O)CCC2=O)c1)C(=O)Nc1c(F)cccc1F. The zero-order valence-electron chi connectivity index (χ0n) is 15.3.